The van der Waals surface area contributed by atoms with Gasteiger partial charge in [0.15, 0.2) is 0 Å². The van der Waals surface area contributed by atoms with Crippen LogP contribution in [0.1, 0.15) is 54.9 Å². The van der Waals surface area contributed by atoms with Gasteiger partial charge in [-0.3, -0.25) is 9.69 Å². The molecule has 4 heteroatoms. The molecule has 0 saturated carbocycles. The standard InChI is InChI=1S/C24H30N2O2/c1-2-28-23-14-7-6-13-22(23)24(27)25-19-15-20-11-8-12-21(16-19)26(20)17-18-9-4-3-5-10-18/h3-7,9-10,13-14,19-21H,2,8,11-12,15-17H2,1H3,(H,25,27)/t20-,21-/m0/s1. The molecule has 2 aliphatic heterocycles. The highest BCUT2D eigenvalue weighted by molar-refractivity contribution is 5.97. The lowest BCUT2D eigenvalue weighted by atomic mass is 9.81. The molecule has 2 aromatic carbocycles. The molecule has 0 aromatic heterocycles. The van der Waals surface area contributed by atoms with Gasteiger partial charge in [-0.25, -0.2) is 0 Å². The quantitative estimate of drug-likeness (QED) is 0.810. The number of amides is 1. The van der Waals surface area contributed by atoms with E-state index in [1.807, 2.05) is 31.2 Å². The lowest BCUT2D eigenvalue weighted by Gasteiger charge is -2.49. The number of fused-ring (bicyclic) bond motifs is 2. The zero-order chi connectivity index (χ0) is 19.3. The van der Waals surface area contributed by atoms with Crippen molar-refractivity contribution in [3.05, 3.63) is 65.7 Å². The number of benzene rings is 2. The summed E-state index contributed by atoms with van der Waals surface area (Å²) in [7, 11) is 0. The number of ether oxygens (including phenoxy) is 1. The van der Waals surface area contributed by atoms with Crippen molar-refractivity contribution >= 4 is 5.91 Å². The second-order valence-corrected chi connectivity index (χ2v) is 7.97. The van der Waals surface area contributed by atoms with E-state index in [0.717, 1.165) is 19.4 Å². The molecule has 0 radical (unpaired) electrons. The Labute approximate surface area is 167 Å². The highest BCUT2D eigenvalue weighted by atomic mass is 16.5. The Bertz CT molecular complexity index is 778. The molecule has 4 nitrogen and oxygen atoms in total. The Morgan fingerprint density at radius 1 is 1.04 bits per heavy atom. The molecular weight excluding hydrogens is 348 g/mol. The number of carbonyl (C=O) groups is 1. The molecule has 2 heterocycles. The number of rotatable bonds is 6. The maximum atomic E-state index is 12.9. The zero-order valence-electron chi connectivity index (χ0n) is 16.6. The topological polar surface area (TPSA) is 41.6 Å². The van der Waals surface area contributed by atoms with Gasteiger partial charge in [-0.05, 0) is 50.3 Å². The molecule has 0 aliphatic carbocycles. The molecule has 28 heavy (non-hydrogen) atoms. The first-order valence-corrected chi connectivity index (χ1v) is 10.6. The Balaban J connectivity index is 1.42. The number of hydrogen-bond donors (Lipinski definition) is 1. The van der Waals surface area contributed by atoms with Gasteiger partial charge in [0.1, 0.15) is 5.75 Å². The Morgan fingerprint density at radius 2 is 1.71 bits per heavy atom. The van der Waals surface area contributed by atoms with Crippen molar-refractivity contribution in [2.45, 2.75) is 63.7 Å². The van der Waals surface area contributed by atoms with E-state index in [9.17, 15) is 4.79 Å². The fourth-order valence-electron chi connectivity index (χ4n) is 4.85. The Morgan fingerprint density at radius 3 is 2.43 bits per heavy atom. The number of piperidine rings is 2. The van der Waals surface area contributed by atoms with Crippen molar-refractivity contribution in [3.63, 3.8) is 0 Å². The van der Waals surface area contributed by atoms with Gasteiger partial charge in [0.2, 0.25) is 0 Å². The predicted octanol–water partition coefficient (Wildman–Crippen LogP) is 4.40. The predicted molar refractivity (Wildman–Crippen MR) is 112 cm³/mol. The number of hydrogen-bond acceptors (Lipinski definition) is 3. The smallest absolute Gasteiger partial charge is 0.255 e. The number of para-hydroxylation sites is 1. The van der Waals surface area contributed by atoms with E-state index in [1.54, 1.807) is 0 Å². The summed E-state index contributed by atoms with van der Waals surface area (Å²) in [6, 6.07) is 19.6. The van der Waals surface area contributed by atoms with Crippen LogP contribution in [-0.2, 0) is 6.54 Å². The van der Waals surface area contributed by atoms with Gasteiger partial charge >= 0.3 is 0 Å². The summed E-state index contributed by atoms with van der Waals surface area (Å²) in [6.45, 7) is 3.52. The third kappa shape index (κ3) is 4.22. The first kappa shape index (κ1) is 19.0. The van der Waals surface area contributed by atoms with Gasteiger partial charge < -0.3 is 10.1 Å². The van der Waals surface area contributed by atoms with Gasteiger partial charge in [-0.1, -0.05) is 48.9 Å². The number of nitrogens with zero attached hydrogens (tertiary/aromatic N) is 1. The van der Waals surface area contributed by atoms with E-state index in [2.05, 4.69) is 40.5 Å². The molecule has 0 unspecified atom stereocenters. The number of nitrogens with one attached hydrogen (secondary N) is 1. The molecule has 2 aromatic rings. The molecule has 1 amide bonds. The summed E-state index contributed by atoms with van der Waals surface area (Å²) in [6.07, 6.45) is 5.82. The minimum Gasteiger partial charge on any atom is -0.493 e. The molecule has 148 valence electrons. The summed E-state index contributed by atoms with van der Waals surface area (Å²) in [5, 5.41) is 3.30. The largest absolute Gasteiger partial charge is 0.493 e. The zero-order valence-corrected chi connectivity index (χ0v) is 16.6. The lowest BCUT2D eigenvalue weighted by Crippen LogP contribution is -2.56. The fraction of sp³-hybridized carbons (Fsp3) is 0.458. The van der Waals surface area contributed by atoms with Crippen molar-refractivity contribution < 1.29 is 9.53 Å². The van der Waals surface area contributed by atoms with Crippen LogP contribution in [0.5, 0.6) is 5.75 Å². The van der Waals surface area contributed by atoms with E-state index in [4.69, 9.17) is 4.74 Å². The van der Waals surface area contributed by atoms with Gasteiger partial charge in [0, 0.05) is 24.7 Å². The van der Waals surface area contributed by atoms with Crippen LogP contribution >= 0.6 is 0 Å². The third-order valence-electron chi connectivity index (χ3n) is 6.10. The van der Waals surface area contributed by atoms with Gasteiger partial charge in [-0.2, -0.15) is 0 Å². The Hall–Kier alpha value is -2.33. The van der Waals surface area contributed by atoms with Crippen molar-refractivity contribution in [2.75, 3.05) is 6.61 Å². The third-order valence-corrected chi connectivity index (χ3v) is 6.10. The summed E-state index contributed by atoms with van der Waals surface area (Å²) in [5.41, 5.74) is 2.02. The molecule has 2 aliphatic rings. The average molecular weight is 379 g/mol. The Kier molecular flexibility index (Phi) is 5.96. The molecular formula is C24H30N2O2. The maximum Gasteiger partial charge on any atom is 0.255 e. The highest BCUT2D eigenvalue weighted by Crippen LogP contribution is 2.35. The second-order valence-electron chi connectivity index (χ2n) is 7.97. The highest BCUT2D eigenvalue weighted by Gasteiger charge is 2.38. The fourth-order valence-corrected chi connectivity index (χ4v) is 4.85. The summed E-state index contributed by atoms with van der Waals surface area (Å²) in [4.78, 5) is 15.6. The van der Waals surface area contributed by atoms with E-state index in [0.29, 0.717) is 30.0 Å². The van der Waals surface area contributed by atoms with E-state index in [1.165, 1.54) is 24.8 Å². The van der Waals surface area contributed by atoms with E-state index >= 15 is 0 Å². The normalized spacial score (nSPS) is 24.5. The minimum absolute atomic E-state index is 0.0105. The van der Waals surface area contributed by atoms with Gasteiger partial charge in [-0.15, -0.1) is 0 Å². The molecule has 4 rings (SSSR count). The van der Waals surface area contributed by atoms with Crippen molar-refractivity contribution in [1.82, 2.24) is 10.2 Å². The first-order chi connectivity index (χ1) is 13.7. The maximum absolute atomic E-state index is 12.9. The van der Waals surface area contributed by atoms with Gasteiger partial charge in [0.25, 0.3) is 5.91 Å². The van der Waals surface area contributed by atoms with Crippen LogP contribution in [0.15, 0.2) is 54.6 Å². The number of carbonyl (C=O) groups excluding carboxylic acids is 1. The average Bonchev–Trinajstić information content (AvgIpc) is 2.70. The van der Waals surface area contributed by atoms with Crippen LogP contribution in [-0.4, -0.2) is 35.5 Å². The lowest BCUT2D eigenvalue weighted by molar-refractivity contribution is 0.0177. The summed E-state index contributed by atoms with van der Waals surface area (Å²) in [5.74, 6) is 0.660. The summed E-state index contributed by atoms with van der Waals surface area (Å²) >= 11 is 0. The van der Waals surface area contributed by atoms with Crippen LogP contribution < -0.4 is 10.1 Å². The van der Waals surface area contributed by atoms with Crippen LogP contribution in [0.25, 0.3) is 0 Å². The molecule has 2 fully saturated rings. The van der Waals surface area contributed by atoms with Crippen LogP contribution in [0.2, 0.25) is 0 Å². The van der Waals surface area contributed by atoms with E-state index < -0.39 is 0 Å². The molecule has 2 saturated heterocycles. The molecule has 2 atom stereocenters. The van der Waals surface area contributed by atoms with Crippen LogP contribution in [0, 0.1) is 0 Å². The molecule has 0 spiro atoms. The minimum atomic E-state index is -0.0105. The summed E-state index contributed by atoms with van der Waals surface area (Å²) < 4.78 is 5.64. The monoisotopic (exact) mass is 378 g/mol. The van der Waals surface area contributed by atoms with Crippen LogP contribution in [0.3, 0.4) is 0 Å². The first-order valence-electron chi connectivity index (χ1n) is 10.6. The SMILES string of the molecule is CCOc1ccccc1C(=O)NC1C[C@@H]2CCC[C@@H](C1)N2Cc1ccccc1. The van der Waals surface area contributed by atoms with Crippen molar-refractivity contribution in [1.29, 1.82) is 0 Å². The molecule has 2 bridgehead atoms. The van der Waals surface area contributed by atoms with Crippen LogP contribution in [0.4, 0.5) is 0 Å². The molecule has 1 N–H and O–H groups in total. The van der Waals surface area contributed by atoms with Crippen molar-refractivity contribution in [3.8, 4) is 5.75 Å². The van der Waals surface area contributed by atoms with Gasteiger partial charge in [0.05, 0.1) is 12.2 Å². The van der Waals surface area contributed by atoms with E-state index in [-0.39, 0.29) is 11.9 Å². The van der Waals surface area contributed by atoms with Crippen molar-refractivity contribution in [2.24, 2.45) is 0 Å². The second kappa shape index (κ2) is 8.78.